The van der Waals surface area contributed by atoms with Gasteiger partial charge in [0, 0.05) is 53.9 Å². The van der Waals surface area contributed by atoms with Gasteiger partial charge in [0.15, 0.2) is 5.96 Å². The average Bonchev–Trinajstić information content (AvgIpc) is 3.19. The number of guanidine groups is 1. The van der Waals surface area contributed by atoms with Gasteiger partial charge in [0.1, 0.15) is 5.82 Å². The zero-order chi connectivity index (χ0) is 20.1. The maximum absolute atomic E-state index is 14.0. The van der Waals surface area contributed by atoms with Gasteiger partial charge in [-0.05, 0) is 25.0 Å². The lowest BCUT2D eigenvalue weighted by Crippen LogP contribution is -2.55. The molecule has 1 aromatic rings. The van der Waals surface area contributed by atoms with E-state index in [0.29, 0.717) is 12.2 Å². The number of aliphatic imine (C=N–C) groups is 1. The molecule has 0 aromatic heterocycles. The number of amides is 1. The molecule has 1 N–H and O–H groups in total. The molecule has 1 saturated heterocycles. The Hall–Kier alpha value is -1.58. The van der Waals surface area contributed by atoms with Gasteiger partial charge >= 0.3 is 0 Å². The lowest BCUT2D eigenvalue weighted by atomic mass is 9.84. The number of halogens is 2. The molecule has 8 heteroatoms. The minimum Gasteiger partial charge on any atom is -0.366 e. The van der Waals surface area contributed by atoms with E-state index in [1.165, 1.54) is 6.07 Å². The molecule has 1 heterocycles. The fourth-order valence-electron chi connectivity index (χ4n) is 4.44. The molecule has 29 heavy (non-hydrogen) atoms. The molecule has 6 nitrogen and oxygen atoms in total. The normalized spacial score (nSPS) is 19.0. The number of hydrogen-bond acceptors (Lipinski definition) is 3. The summed E-state index contributed by atoms with van der Waals surface area (Å²) >= 11 is 0. The number of piperazine rings is 1. The third-order valence-corrected chi connectivity index (χ3v) is 5.99. The van der Waals surface area contributed by atoms with Crippen LogP contribution in [0.1, 0.15) is 25.7 Å². The third-order valence-electron chi connectivity index (χ3n) is 5.99. The molecule has 0 bridgehead atoms. The van der Waals surface area contributed by atoms with Crippen LogP contribution in [-0.4, -0.2) is 75.5 Å². The summed E-state index contributed by atoms with van der Waals surface area (Å²) < 4.78 is 14.0. The summed E-state index contributed by atoms with van der Waals surface area (Å²) in [5.74, 6) is 0.854. The van der Waals surface area contributed by atoms with E-state index in [1.54, 1.807) is 18.0 Å². The second kappa shape index (κ2) is 10.4. The summed E-state index contributed by atoms with van der Waals surface area (Å²) in [4.78, 5) is 23.2. The van der Waals surface area contributed by atoms with Crippen LogP contribution in [0.3, 0.4) is 0 Å². The van der Waals surface area contributed by atoms with Gasteiger partial charge in [-0.2, -0.15) is 0 Å². The number of benzene rings is 1. The minimum atomic E-state index is -0.325. The highest BCUT2D eigenvalue weighted by molar-refractivity contribution is 14.0. The van der Waals surface area contributed by atoms with Crippen molar-refractivity contribution in [2.45, 2.75) is 25.7 Å². The highest BCUT2D eigenvalue weighted by Crippen LogP contribution is 2.39. The molecule has 1 aliphatic carbocycles. The number of anilines is 1. The maximum Gasteiger partial charge on any atom is 0.230 e. The van der Waals surface area contributed by atoms with Gasteiger partial charge in [-0.25, -0.2) is 4.39 Å². The number of hydrogen-bond donors (Lipinski definition) is 1. The van der Waals surface area contributed by atoms with Crippen molar-refractivity contribution in [1.82, 2.24) is 15.1 Å². The Morgan fingerprint density at radius 2 is 1.79 bits per heavy atom. The largest absolute Gasteiger partial charge is 0.366 e. The van der Waals surface area contributed by atoms with Crippen LogP contribution < -0.4 is 10.2 Å². The van der Waals surface area contributed by atoms with Crippen LogP contribution in [0.15, 0.2) is 29.3 Å². The molecule has 0 atom stereocenters. The van der Waals surface area contributed by atoms with E-state index in [4.69, 9.17) is 0 Å². The fourth-order valence-corrected chi connectivity index (χ4v) is 4.44. The second-order valence-corrected chi connectivity index (χ2v) is 8.01. The summed E-state index contributed by atoms with van der Waals surface area (Å²) in [5.41, 5.74) is 0.334. The van der Waals surface area contributed by atoms with Crippen molar-refractivity contribution < 1.29 is 9.18 Å². The maximum atomic E-state index is 14.0. The summed E-state index contributed by atoms with van der Waals surface area (Å²) in [6.07, 6.45) is 4.05. The average molecular weight is 517 g/mol. The fraction of sp³-hybridized carbons (Fsp3) is 0.619. The number of rotatable bonds is 4. The molecule has 1 amide bonds. The number of carbonyl (C=O) groups is 1. The Morgan fingerprint density at radius 3 is 2.34 bits per heavy atom. The van der Waals surface area contributed by atoms with Crippen molar-refractivity contribution in [1.29, 1.82) is 0 Å². The summed E-state index contributed by atoms with van der Waals surface area (Å²) in [6.45, 7) is 3.63. The Balaban J connectivity index is 0.00000300. The van der Waals surface area contributed by atoms with Crippen LogP contribution in [0.25, 0.3) is 0 Å². The molecule has 1 saturated carbocycles. The van der Waals surface area contributed by atoms with Crippen LogP contribution in [0.2, 0.25) is 0 Å². The Kier molecular flexibility index (Phi) is 8.54. The lowest BCUT2D eigenvalue weighted by molar-refractivity contribution is -0.138. The van der Waals surface area contributed by atoms with Gasteiger partial charge in [-0.15, -0.1) is 24.0 Å². The zero-order valence-corrected chi connectivity index (χ0v) is 20.0. The van der Waals surface area contributed by atoms with Crippen molar-refractivity contribution in [3.05, 3.63) is 30.1 Å². The van der Waals surface area contributed by atoms with Gasteiger partial charge in [0.2, 0.25) is 5.91 Å². The highest BCUT2D eigenvalue weighted by atomic mass is 127. The molecule has 0 radical (unpaired) electrons. The van der Waals surface area contributed by atoms with Gasteiger partial charge in [-0.3, -0.25) is 9.79 Å². The van der Waals surface area contributed by atoms with Gasteiger partial charge < -0.3 is 20.0 Å². The van der Waals surface area contributed by atoms with Crippen molar-refractivity contribution in [2.24, 2.45) is 10.4 Å². The molecule has 0 unspecified atom stereocenters. The number of nitrogens with zero attached hydrogens (tertiary/aromatic N) is 4. The molecule has 2 aliphatic rings. The number of para-hydroxylation sites is 1. The topological polar surface area (TPSA) is 51.2 Å². The van der Waals surface area contributed by atoms with E-state index >= 15 is 0 Å². The highest BCUT2D eigenvalue weighted by Gasteiger charge is 2.42. The van der Waals surface area contributed by atoms with Crippen LogP contribution in [0, 0.1) is 11.2 Å². The minimum absolute atomic E-state index is 0. The van der Waals surface area contributed by atoms with Gasteiger partial charge in [-0.1, -0.05) is 25.0 Å². The van der Waals surface area contributed by atoms with E-state index < -0.39 is 0 Å². The first kappa shape index (κ1) is 23.7. The molecule has 162 valence electrons. The van der Waals surface area contributed by atoms with Gasteiger partial charge in [0.25, 0.3) is 0 Å². The Bertz CT molecular complexity index is 713. The van der Waals surface area contributed by atoms with E-state index in [0.717, 1.165) is 57.8 Å². The number of carbonyl (C=O) groups excluding carboxylic acids is 1. The second-order valence-electron chi connectivity index (χ2n) is 8.01. The first-order valence-corrected chi connectivity index (χ1v) is 10.1. The van der Waals surface area contributed by atoms with E-state index in [2.05, 4.69) is 20.1 Å². The molecular weight excluding hydrogens is 484 g/mol. The summed E-state index contributed by atoms with van der Waals surface area (Å²) in [5, 5.41) is 3.46. The zero-order valence-electron chi connectivity index (χ0n) is 17.7. The molecule has 0 spiro atoms. The Morgan fingerprint density at radius 1 is 1.17 bits per heavy atom. The van der Waals surface area contributed by atoms with E-state index in [9.17, 15) is 9.18 Å². The quantitative estimate of drug-likeness (QED) is 0.379. The first-order valence-electron chi connectivity index (χ1n) is 10.1. The van der Waals surface area contributed by atoms with E-state index in [-0.39, 0.29) is 41.1 Å². The molecule has 1 aromatic carbocycles. The van der Waals surface area contributed by atoms with Crippen molar-refractivity contribution in [3.63, 3.8) is 0 Å². The first-order chi connectivity index (χ1) is 13.5. The molecule has 2 fully saturated rings. The predicted octanol–water partition coefficient (Wildman–Crippen LogP) is 2.79. The van der Waals surface area contributed by atoms with Crippen LogP contribution in [0.5, 0.6) is 0 Å². The standard InChI is InChI=1S/C21H32FN5O.HI/c1-23-20(24-16-21(10-6-7-11-21)19(28)25(2)3)27-14-12-26(13-15-27)18-9-5-4-8-17(18)22;/h4-5,8-9H,6-7,10-16H2,1-3H3,(H,23,24);1H. The molecule has 1 aliphatic heterocycles. The third kappa shape index (κ3) is 5.32. The monoisotopic (exact) mass is 517 g/mol. The van der Waals surface area contributed by atoms with Crippen LogP contribution in [0.4, 0.5) is 10.1 Å². The van der Waals surface area contributed by atoms with Gasteiger partial charge in [0.05, 0.1) is 11.1 Å². The summed E-state index contributed by atoms with van der Waals surface area (Å²) in [6, 6.07) is 6.92. The smallest absolute Gasteiger partial charge is 0.230 e. The van der Waals surface area contributed by atoms with Crippen molar-refractivity contribution >= 4 is 41.5 Å². The molecular formula is C21H33FIN5O. The Labute approximate surface area is 190 Å². The SMILES string of the molecule is CN=C(NCC1(C(=O)N(C)C)CCCC1)N1CCN(c2ccccc2F)CC1.I. The van der Waals surface area contributed by atoms with Crippen molar-refractivity contribution in [2.75, 3.05) is 58.8 Å². The predicted molar refractivity (Wildman–Crippen MR) is 127 cm³/mol. The summed E-state index contributed by atoms with van der Waals surface area (Å²) in [7, 11) is 5.44. The molecule has 3 rings (SSSR count). The van der Waals surface area contributed by atoms with Crippen LogP contribution >= 0.6 is 24.0 Å². The van der Waals surface area contributed by atoms with Crippen LogP contribution in [-0.2, 0) is 4.79 Å². The van der Waals surface area contributed by atoms with Crippen molar-refractivity contribution in [3.8, 4) is 0 Å². The van der Waals surface area contributed by atoms with E-state index in [1.807, 2.05) is 26.2 Å². The lowest BCUT2D eigenvalue weighted by Gasteiger charge is -2.39. The number of nitrogens with one attached hydrogen (secondary N) is 1.